The van der Waals surface area contributed by atoms with E-state index in [-0.39, 0.29) is 29.5 Å². The molecule has 6 heteroatoms. The molecule has 2 amide bonds. The van der Waals surface area contributed by atoms with E-state index in [1.165, 1.54) is 0 Å². The standard InChI is InChI=1S/C16H19ClN2O3/c1-2-13(20)18-15-8-16(9-15,10-15)19-14(21)7-22-12-5-3-11(17)4-6-12/h3-6H,2,7-10H2,1H3,(H,18,20)(H,19,21). The molecule has 0 saturated heterocycles. The van der Waals surface area contributed by atoms with Crippen LogP contribution in [0.15, 0.2) is 24.3 Å². The normalized spacial score (nSPS) is 28.1. The minimum Gasteiger partial charge on any atom is -0.484 e. The van der Waals surface area contributed by atoms with E-state index in [9.17, 15) is 9.59 Å². The fourth-order valence-electron chi connectivity index (χ4n) is 3.45. The van der Waals surface area contributed by atoms with Crippen molar-refractivity contribution < 1.29 is 14.3 Å². The molecule has 0 spiro atoms. The number of amides is 2. The molecule has 3 aliphatic carbocycles. The van der Waals surface area contributed by atoms with Gasteiger partial charge in [-0.2, -0.15) is 0 Å². The zero-order chi connectivity index (χ0) is 15.8. The van der Waals surface area contributed by atoms with Gasteiger partial charge in [-0.3, -0.25) is 9.59 Å². The summed E-state index contributed by atoms with van der Waals surface area (Å²) in [7, 11) is 0. The third-order valence-corrected chi connectivity index (χ3v) is 4.60. The SMILES string of the molecule is CCC(=O)NC12CC(NC(=O)COc3ccc(Cl)cc3)(C1)C2. The van der Waals surface area contributed by atoms with Crippen molar-refractivity contribution in [3.05, 3.63) is 29.3 Å². The Labute approximate surface area is 134 Å². The third kappa shape index (κ3) is 2.90. The summed E-state index contributed by atoms with van der Waals surface area (Å²) in [5.41, 5.74) is -0.209. The summed E-state index contributed by atoms with van der Waals surface area (Å²) in [5, 5.41) is 6.68. The van der Waals surface area contributed by atoms with E-state index in [2.05, 4.69) is 10.6 Å². The number of ether oxygens (including phenoxy) is 1. The van der Waals surface area contributed by atoms with Gasteiger partial charge in [0.25, 0.3) is 5.91 Å². The van der Waals surface area contributed by atoms with Gasteiger partial charge in [-0.1, -0.05) is 18.5 Å². The number of benzene rings is 1. The Morgan fingerprint density at radius 2 is 1.64 bits per heavy atom. The van der Waals surface area contributed by atoms with E-state index >= 15 is 0 Å². The Kier molecular flexibility index (Phi) is 3.77. The average Bonchev–Trinajstić information content (AvgIpc) is 2.43. The van der Waals surface area contributed by atoms with Crippen LogP contribution in [0.5, 0.6) is 5.75 Å². The van der Waals surface area contributed by atoms with Crippen LogP contribution < -0.4 is 15.4 Å². The molecule has 3 saturated carbocycles. The van der Waals surface area contributed by atoms with Gasteiger partial charge in [0.1, 0.15) is 5.75 Å². The van der Waals surface area contributed by atoms with Crippen LogP contribution in [0.4, 0.5) is 0 Å². The first-order valence-corrected chi connectivity index (χ1v) is 7.82. The highest BCUT2D eigenvalue weighted by Crippen LogP contribution is 2.60. The Balaban J connectivity index is 1.41. The Hall–Kier alpha value is -1.75. The van der Waals surface area contributed by atoms with E-state index in [4.69, 9.17) is 16.3 Å². The fourth-order valence-corrected chi connectivity index (χ4v) is 3.57. The number of hydrogen-bond donors (Lipinski definition) is 2. The summed E-state index contributed by atoms with van der Waals surface area (Å²) >= 11 is 5.79. The van der Waals surface area contributed by atoms with Crippen LogP contribution in [0.25, 0.3) is 0 Å². The summed E-state index contributed by atoms with van der Waals surface area (Å²) < 4.78 is 5.42. The molecule has 0 atom stereocenters. The van der Waals surface area contributed by atoms with Crippen molar-refractivity contribution in [2.45, 2.75) is 43.7 Å². The molecule has 0 aliphatic heterocycles. The van der Waals surface area contributed by atoms with Gasteiger partial charge in [0.2, 0.25) is 5.91 Å². The van der Waals surface area contributed by atoms with Crippen LogP contribution in [0.1, 0.15) is 32.6 Å². The van der Waals surface area contributed by atoms with Gasteiger partial charge in [0, 0.05) is 22.5 Å². The first kappa shape index (κ1) is 15.2. The first-order valence-electron chi connectivity index (χ1n) is 7.45. The number of carbonyl (C=O) groups is 2. The Morgan fingerprint density at radius 1 is 1.09 bits per heavy atom. The lowest BCUT2D eigenvalue weighted by atomic mass is 9.44. The van der Waals surface area contributed by atoms with Crippen molar-refractivity contribution in [2.24, 2.45) is 0 Å². The molecule has 0 heterocycles. The largest absolute Gasteiger partial charge is 0.484 e. The van der Waals surface area contributed by atoms with Crippen molar-refractivity contribution in [1.29, 1.82) is 0 Å². The smallest absolute Gasteiger partial charge is 0.258 e. The molecule has 4 rings (SSSR count). The number of nitrogens with one attached hydrogen (secondary N) is 2. The lowest BCUT2D eigenvalue weighted by molar-refractivity contribution is -0.150. The molecule has 0 radical (unpaired) electrons. The average molecular weight is 323 g/mol. The van der Waals surface area contributed by atoms with Gasteiger partial charge < -0.3 is 15.4 Å². The summed E-state index contributed by atoms with van der Waals surface area (Å²) in [4.78, 5) is 23.4. The number of carbonyl (C=O) groups excluding carboxylic acids is 2. The lowest BCUT2D eigenvalue weighted by Crippen LogP contribution is -2.84. The van der Waals surface area contributed by atoms with Crippen molar-refractivity contribution in [3.8, 4) is 5.75 Å². The van der Waals surface area contributed by atoms with Gasteiger partial charge >= 0.3 is 0 Å². The highest BCUT2D eigenvalue weighted by molar-refractivity contribution is 6.30. The van der Waals surface area contributed by atoms with E-state index < -0.39 is 0 Å². The molecular weight excluding hydrogens is 304 g/mol. The zero-order valence-electron chi connectivity index (χ0n) is 12.4. The molecule has 2 N–H and O–H groups in total. The van der Waals surface area contributed by atoms with Crippen LogP contribution >= 0.6 is 11.6 Å². The molecule has 3 fully saturated rings. The second-order valence-corrected chi connectivity index (χ2v) is 6.72. The molecule has 1 aromatic carbocycles. The quantitative estimate of drug-likeness (QED) is 0.842. The summed E-state index contributed by atoms with van der Waals surface area (Å²) in [6.07, 6.45) is 2.95. The predicted octanol–water partition coefficient (Wildman–Crippen LogP) is 2.04. The molecule has 2 bridgehead atoms. The van der Waals surface area contributed by atoms with E-state index in [0.717, 1.165) is 19.3 Å². The van der Waals surface area contributed by atoms with Crippen LogP contribution in [-0.2, 0) is 9.59 Å². The summed E-state index contributed by atoms with van der Waals surface area (Å²) in [6, 6.07) is 6.89. The molecule has 118 valence electrons. The summed E-state index contributed by atoms with van der Waals surface area (Å²) in [5.74, 6) is 0.555. The van der Waals surface area contributed by atoms with Crippen LogP contribution in [0, 0.1) is 0 Å². The Bertz CT molecular complexity index is 580. The molecule has 0 unspecified atom stereocenters. The van der Waals surface area contributed by atoms with Crippen LogP contribution in [0.2, 0.25) is 5.02 Å². The maximum absolute atomic E-state index is 11.9. The van der Waals surface area contributed by atoms with Crippen molar-refractivity contribution in [1.82, 2.24) is 10.6 Å². The van der Waals surface area contributed by atoms with Gasteiger partial charge in [-0.25, -0.2) is 0 Å². The molecule has 0 aromatic heterocycles. The number of rotatable bonds is 6. The van der Waals surface area contributed by atoms with E-state index in [0.29, 0.717) is 17.2 Å². The zero-order valence-corrected chi connectivity index (χ0v) is 13.2. The van der Waals surface area contributed by atoms with E-state index in [1.807, 2.05) is 6.92 Å². The fraction of sp³-hybridized carbons (Fsp3) is 0.500. The van der Waals surface area contributed by atoms with Gasteiger partial charge in [-0.05, 0) is 43.5 Å². The van der Waals surface area contributed by atoms with Crippen molar-refractivity contribution >= 4 is 23.4 Å². The van der Waals surface area contributed by atoms with Crippen molar-refractivity contribution in [2.75, 3.05) is 6.61 Å². The molecule has 1 aromatic rings. The minimum atomic E-state index is -0.137. The molecule has 3 aliphatic rings. The van der Waals surface area contributed by atoms with Gasteiger partial charge in [-0.15, -0.1) is 0 Å². The Morgan fingerprint density at radius 3 is 2.18 bits per heavy atom. The second-order valence-electron chi connectivity index (χ2n) is 6.28. The summed E-state index contributed by atoms with van der Waals surface area (Å²) in [6.45, 7) is 1.82. The second kappa shape index (κ2) is 5.47. The maximum Gasteiger partial charge on any atom is 0.258 e. The van der Waals surface area contributed by atoms with Crippen LogP contribution in [0.3, 0.4) is 0 Å². The molecular formula is C16H19ClN2O3. The monoisotopic (exact) mass is 322 g/mol. The highest BCUT2D eigenvalue weighted by atomic mass is 35.5. The van der Waals surface area contributed by atoms with Gasteiger partial charge in [0.15, 0.2) is 6.61 Å². The number of halogens is 1. The third-order valence-electron chi connectivity index (χ3n) is 4.34. The van der Waals surface area contributed by atoms with Crippen molar-refractivity contribution in [3.63, 3.8) is 0 Å². The predicted molar refractivity (Wildman–Crippen MR) is 82.8 cm³/mol. The number of hydrogen-bond acceptors (Lipinski definition) is 3. The lowest BCUT2D eigenvalue weighted by Gasteiger charge is -2.70. The first-order chi connectivity index (χ1) is 10.4. The van der Waals surface area contributed by atoms with Gasteiger partial charge in [0.05, 0.1) is 0 Å². The highest BCUT2D eigenvalue weighted by Gasteiger charge is 2.69. The minimum absolute atomic E-state index is 0.0162. The molecule has 5 nitrogen and oxygen atoms in total. The maximum atomic E-state index is 11.9. The van der Waals surface area contributed by atoms with E-state index in [1.54, 1.807) is 24.3 Å². The topological polar surface area (TPSA) is 67.4 Å². The van der Waals surface area contributed by atoms with Crippen LogP contribution in [-0.4, -0.2) is 29.5 Å². The molecule has 22 heavy (non-hydrogen) atoms.